The fraction of sp³-hybridized carbons (Fsp3) is 0.650. The minimum Gasteiger partial charge on any atom is -0.435 e. The van der Waals surface area contributed by atoms with Crippen LogP contribution in [-0.2, 0) is 11.3 Å². The Morgan fingerprint density at radius 1 is 1.14 bits per heavy atom. The molecule has 0 spiro atoms. The van der Waals surface area contributed by atoms with Crippen LogP contribution in [0.4, 0.5) is 13.6 Å². The molecule has 0 aromatic heterocycles. The number of morpholine rings is 1. The van der Waals surface area contributed by atoms with Gasteiger partial charge in [0.25, 0.3) is 0 Å². The summed E-state index contributed by atoms with van der Waals surface area (Å²) in [5, 5.41) is 5.79. The van der Waals surface area contributed by atoms with Gasteiger partial charge in [0, 0.05) is 32.2 Å². The van der Waals surface area contributed by atoms with Crippen LogP contribution in [0.1, 0.15) is 32.3 Å². The van der Waals surface area contributed by atoms with Crippen LogP contribution in [0.3, 0.4) is 0 Å². The molecular weight excluding hydrogens is 368 g/mol. The number of carbonyl (C=O) groups excluding carboxylic acids is 1. The third kappa shape index (κ3) is 7.24. The number of urea groups is 1. The Bertz CT molecular complexity index is 577. The number of nitrogens with one attached hydrogen (secondary N) is 2. The second-order valence-electron chi connectivity index (χ2n) is 6.88. The highest BCUT2D eigenvalue weighted by atomic mass is 19.3. The van der Waals surface area contributed by atoms with Crippen LogP contribution in [0.5, 0.6) is 5.75 Å². The lowest BCUT2D eigenvalue weighted by Crippen LogP contribution is -2.53. The van der Waals surface area contributed by atoms with Crippen LogP contribution < -0.4 is 15.4 Å². The van der Waals surface area contributed by atoms with Gasteiger partial charge < -0.3 is 20.1 Å². The van der Waals surface area contributed by atoms with E-state index >= 15 is 0 Å². The van der Waals surface area contributed by atoms with Gasteiger partial charge in [0.05, 0.1) is 13.2 Å². The molecule has 0 aliphatic carbocycles. The summed E-state index contributed by atoms with van der Waals surface area (Å²) in [5.74, 6) is 0.613. The maximum Gasteiger partial charge on any atom is 0.387 e. The summed E-state index contributed by atoms with van der Waals surface area (Å²) in [6.45, 7) is 5.65. The molecule has 1 aliphatic rings. The second kappa shape index (κ2) is 11.8. The molecule has 1 fully saturated rings. The Kier molecular flexibility index (Phi) is 9.43. The molecule has 1 saturated heterocycles. The van der Waals surface area contributed by atoms with Gasteiger partial charge in [-0.2, -0.15) is 8.78 Å². The van der Waals surface area contributed by atoms with Crippen LogP contribution >= 0.6 is 0 Å². The van der Waals surface area contributed by atoms with Crippen molar-refractivity contribution in [2.75, 3.05) is 32.8 Å². The van der Waals surface area contributed by atoms with E-state index in [9.17, 15) is 13.6 Å². The molecule has 158 valence electrons. The number of carbonyl (C=O) groups is 1. The standard InChI is InChI=1S/C20H31F2N3O3/c1-3-16(4-2)18(25-9-11-27-12-10-25)14-24-20(26)23-13-15-5-7-17(8-6-15)28-19(21)22/h5-8,16,18-19H,3-4,9-14H2,1-2H3,(H2,23,24,26). The highest BCUT2D eigenvalue weighted by Gasteiger charge is 2.27. The lowest BCUT2D eigenvalue weighted by atomic mass is 9.92. The minimum absolute atomic E-state index is 0.0988. The Hall–Kier alpha value is -1.93. The van der Waals surface area contributed by atoms with Crippen LogP contribution in [0.2, 0.25) is 0 Å². The molecule has 1 aliphatic heterocycles. The predicted octanol–water partition coefficient (Wildman–Crippen LogP) is 3.22. The van der Waals surface area contributed by atoms with E-state index in [0.29, 0.717) is 19.0 Å². The van der Waals surface area contributed by atoms with E-state index in [1.807, 2.05) is 0 Å². The number of amides is 2. The van der Waals surface area contributed by atoms with Gasteiger partial charge in [-0.05, 0) is 23.6 Å². The molecule has 0 bridgehead atoms. The molecule has 8 heteroatoms. The first-order valence-corrected chi connectivity index (χ1v) is 9.90. The van der Waals surface area contributed by atoms with E-state index in [4.69, 9.17) is 4.74 Å². The van der Waals surface area contributed by atoms with Crippen molar-refractivity contribution >= 4 is 6.03 Å². The van der Waals surface area contributed by atoms with Crippen molar-refractivity contribution in [3.05, 3.63) is 29.8 Å². The van der Waals surface area contributed by atoms with E-state index in [0.717, 1.165) is 44.7 Å². The molecule has 2 rings (SSSR count). The van der Waals surface area contributed by atoms with E-state index in [2.05, 4.69) is 34.1 Å². The Balaban J connectivity index is 1.81. The quantitative estimate of drug-likeness (QED) is 0.634. The number of nitrogens with zero attached hydrogens (tertiary/aromatic N) is 1. The van der Waals surface area contributed by atoms with Gasteiger partial charge in [0.15, 0.2) is 0 Å². The lowest BCUT2D eigenvalue weighted by Gasteiger charge is -2.38. The summed E-state index contributed by atoms with van der Waals surface area (Å²) < 4.78 is 34.1. The first-order valence-electron chi connectivity index (χ1n) is 9.90. The molecule has 1 atom stereocenters. The fourth-order valence-corrected chi connectivity index (χ4v) is 3.57. The molecule has 6 nitrogen and oxygen atoms in total. The highest BCUT2D eigenvalue weighted by Crippen LogP contribution is 2.19. The molecular formula is C20H31F2N3O3. The second-order valence-corrected chi connectivity index (χ2v) is 6.88. The maximum absolute atomic E-state index is 12.2. The summed E-state index contributed by atoms with van der Waals surface area (Å²) in [6, 6.07) is 6.27. The fourth-order valence-electron chi connectivity index (χ4n) is 3.57. The number of rotatable bonds is 10. The van der Waals surface area contributed by atoms with Gasteiger partial charge in [-0.25, -0.2) is 4.79 Å². The van der Waals surface area contributed by atoms with Crippen molar-refractivity contribution in [1.29, 1.82) is 0 Å². The van der Waals surface area contributed by atoms with Crippen molar-refractivity contribution in [1.82, 2.24) is 15.5 Å². The van der Waals surface area contributed by atoms with Crippen molar-refractivity contribution in [3.8, 4) is 5.75 Å². The number of ether oxygens (including phenoxy) is 2. The average molecular weight is 399 g/mol. The first kappa shape index (κ1) is 22.4. The Labute approximate surface area is 165 Å². The SMILES string of the molecule is CCC(CC)C(CNC(=O)NCc1ccc(OC(F)F)cc1)N1CCOCC1. The van der Waals surface area contributed by atoms with Crippen molar-refractivity contribution in [2.24, 2.45) is 5.92 Å². The molecule has 1 unspecified atom stereocenters. The molecule has 2 amide bonds. The van der Waals surface area contributed by atoms with Crippen molar-refractivity contribution in [2.45, 2.75) is 45.9 Å². The van der Waals surface area contributed by atoms with Crippen molar-refractivity contribution < 1.29 is 23.0 Å². The molecule has 2 N–H and O–H groups in total. The zero-order valence-electron chi connectivity index (χ0n) is 16.6. The van der Waals surface area contributed by atoms with Gasteiger partial charge in [-0.3, -0.25) is 4.90 Å². The maximum atomic E-state index is 12.2. The van der Waals surface area contributed by atoms with Crippen LogP contribution in [0.15, 0.2) is 24.3 Å². The largest absolute Gasteiger partial charge is 0.435 e. The monoisotopic (exact) mass is 399 g/mol. The van der Waals surface area contributed by atoms with E-state index < -0.39 is 6.61 Å². The third-order valence-electron chi connectivity index (χ3n) is 5.18. The summed E-state index contributed by atoms with van der Waals surface area (Å²) in [6.07, 6.45) is 2.13. The van der Waals surface area contributed by atoms with Crippen molar-refractivity contribution in [3.63, 3.8) is 0 Å². The van der Waals surface area contributed by atoms with Crippen LogP contribution in [0.25, 0.3) is 0 Å². The van der Waals surface area contributed by atoms with E-state index in [-0.39, 0.29) is 17.8 Å². The van der Waals surface area contributed by atoms with Gasteiger partial charge >= 0.3 is 12.6 Å². The number of halogens is 2. The topological polar surface area (TPSA) is 62.8 Å². The summed E-state index contributed by atoms with van der Waals surface area (Å²) in [5.41, 5.74) is 0.807. The van der Waals surface area contributed by atoms with Crippen LogP contribution in [0, 0.1) is 5.92 Å². The van der Waals surface area contributed by atoms with E-state index in [1.165, 1.54) is 12.1 Å². The average Bonchev–Trinajstić information content (AvgIpc) is 2.71. The zero-order valence-corrected chi connectivity index (χ0v) is 16.6. The molecule has 1 aromatic rings. The predicted molar refractivity (Wildman–Crippen MR) is 104 cm³/mol. The smallest absolute Gasteiger partial charge is 0.387 e. The molecule has 1 heterocycles. The lowest BCUT2D eigenvalue weighted by molar-refractivity contribution is -0.0498. The Morgan fingerprint density at radius 2 is 1.79 bits per heavy atom. The molecule has 28 heavy (non-hydrogen) atoms. The van der Waals surface area contributed by atoms with Gasteiger partial charge in [0.2, 0.25) is 0 Å². The summed E-state index contributed by atoms with van der Waals surface area (Å²) in [7, 11) is 0. The molecule has 0 radical (unpaired) electrons. The van der Waals surface area contributed by atoms with Gasteiger partial charge in [-0.1, -0.05) is 38.8 Å². The molecule has 1 aromatic carbocycles. The molecule has 0 saturated carbocycles. The number of alkyl halides is 2. The van der Waals surface area contributed by atoms with Gasteiger partial charge in [0.1, 0.15) is 5.75 Å². The normalized spacial score (nSPS) is 16.2. The summed E-state index contributed by atoms with van der Waals surface area (Å²) in [4.78, 5) is 14.6. The summed E-state index contributed by atoms with van der Waals surface area (Å²) >= 11 is 0. The third-order valence-corrected chi connectivity index (χ3v) is 5.18. The number of benzene rings is 1. The first-order chi connectivity index (χ1) is 13.5. The minimum atomic E-state index is -2.84. The van der Waals surface area contributed by atoms with Crippen LogP contribution in [-0.4, -0.2) is 56.4 Å². The Morgan fingerprint density at radius 3 is 2.36 bits per heavy atom. The number of hydrogen-bond acceptors (Lipinski definition) is 4. The van der Waals surface area contributed by atoms with Gasteiger partial charge in [-0.15, -0.1) is 0 Å². The number of hydrogen-bond donors (Lipinski definition) is 2. The highest BCUT2D eigenvalue weighted by molar-refractivity contribution is 5.73. The van der Waals surface area contributed by atoms with E-state index in [1.54, 1.807) is 12.1 Å². The zero-order chi connectivity index (χ0) is 20.4.